The number of halogens is 1. The van der Waals surface area contributed by atoms with E-state index in [1.807, 2.05) is 30.3 Å². The fourth-order valence-corrected chi connectivity index (χ4v) is 3.54. The van der Waals surface area contributed by atoms with E-state index >= 15 is 0 Å². The lowest BCUT2D eigenvalue weighted by molar-refractivity contribution is 0.283. The molecule has 152 valence electrons. The molecule has 1 aliphatic rings. The topological polar surface area (TPSA) is 71.5 Å². The average Bonchev–Trinajstić information content (AvgIpc) is 2.72. The second kappa shape index (κ2) is 8.82. The predicted octanol–water partition coefficient (Wildman–Crippen LogP) is 3.45. The van der Waals surface area contributed by atoms with Gasteiger partial charge in [-0.25, -0.2) is 9.97 Å². The van der Waals surface area contributed by atoms with E-state index in [9.17, 15) is 0 Å². The normalized spacial score (nSPS) is 15.7. The van der Waals surface area contributed by atoms with Crippen LogP contribution in [0.5, 0.6) is 11.5 Å². The molecule has 3 aromatic rings. The van der Waals surface area contributed by atoms with Gasteiger partial charge in [0, 0.05) is 48.3 Å². The van der Waals surface area contributed by atoms with Gasteiger partial charge in [0.1, 0.15) is 18.8 Å². The molecule has 8 heteroatoms. The smallest absolute Gasteiger partial charge is 0.162 e. The highest BCUT2D eigenvalue weighted by Crippen LogP contribution is 2.35. The zero-order valence-corrected chi connectivity index (χ0v) is 17.3. The largest absolute Gasteiger partial charge is 0.493 e. The maximum atomic E-state index is 6.28. The zero-order valence-electron chi connectivity index (χ0n) is 16.5. The quantitative estimate of drug-likeness (QED) is 0.633. The van der Waals surface area contributed by atoms with Gasteiger partial charge in [0.05, 0.1) is 12.6 Å². The lowest BCUT2D eigenvalue weighted by Gasteiger charge is -2.20. The fourth-order valence-electron chi connectivity index (χ4n) is 3.36. The van der Waals surface area contributed by atoms with Crippen LogP contribution in [0.15, 0.2) is 36.7 Å². The summed E-state index contributed by atoms with van der Waals surface area (Å²) in [6.45, 7) is 3.87. The number of nitrogens with zero attached hydrogens (tertiary/aromatic N) is 3. The minimum absolute atomic E-state index is 0.540. The molecule has 1 aliphatic heterocycles. The SMILES string of the molecule is COc1cc2ncnc3c2cc1OCCNCCN(C)Cc1ccc(Cl)cc1N3. The van der Waals surface area contributed by atoms with Crippen LogP contribution >= 0.6 is 11.6 Å². The standard InChI is InChI=1S/C21H24ClN5O2/c1-27-7-5-23-6-8-29-20-10-16-18(11-19(20)28-2)24-13-25-21(16)26-17-9-15(22)4-3-14(17)12-27/h3-4,9-11,13,23H,5-8,12H2,1-2H3,(H,24,25,26). The number of benzene rings is 2. The summed E-state index contributed by atoms with van der Waals surface area (Å²) in [7, 11) is 3.73. The Morgan fingerprint density at radius 3 is 2.93 bits per heavy atom. The maximum absolute atomic E-state index is 6.28. The highest BCUT2D eigenvalue weighted by molar-refractivity contribution is 6.30. The highest BCUT2D eigenvalue weighted by Gasteiger charge is 2.14. The number of methoxy groups -OCH3 is 1. The first kappa shape index (κ1) is 19.7. The predicted molar refractivity (Wildman–Crippen MR) is 116 cm³/mol. The lowest BCUT2D eigenvalue weighted by atomic mass is 10.1. The summed E-state index contributed by atoms with van der Waals surface area (Å²) >= 11 is 6.28. The van der Waals surface area contributed by atoms with Gasteiger partial charge < -0.3 is 25.0 Å². The molecule has 1 aromatic heterocycles. The molecule has 29 heavy (non-hydrogen) atoms. The van der Waals surface area contributed by atoms with Crippen LogP contribution < -0.4 is 20.1 Å². The molecule has 0 atom stereocenters. The van der Waals surface area contributed by atoms with Gasteiger partial charge in [-0.2, -0.15) is 0 Å². The van der Waals surface area contributed by atoms with Gasteiger partial charge in [-0.1, -0.05) is 17.7 Å². The molecule has 0 aliphatic carbocycles. The van der Waals surface area contributed by atoms with Crippen molar-refractivity contribution in [3.63, 3.8) is 0 Å². The summed E-state index contributed by atoms with van der Waals surface area (Å²) < 4.78 is 11.5. The monoisotopic (exact) mass is 413 g/mol. The number of ether oxygens (including phenoxy) is 2. The van der Waals surface area contributed by atoms with Crippen molar-refractivity contribution in [2.75, 3.05) is 45.7 Å². The van der Waals surface area contributed by atoms with Crippen LogP contribution in [-0.4, -0.2) is 55.3 Å². The number of nitrogens with one attached hydrogen (secondary N) is 2. The van der Waals surface area contributed by atoms with Crippen molar-refractivity contribution in [1.29, 1.82) is 0 Å². The average molecular weight is 414 g/mol. The third-order valence-electron chi connectivity index (χ3n) is 4.89. The van der Waals surface area contributed by atoms with E-state index in [-0.39, 0.29) is 0 Å². The van der Waals surface area contributed by atoms with Crippen LogP contribution in [0.25, 0.3) is 10.9 Å². The summed E-state index contributed by atoms with van der Waals surface area (Å²) in [6, 6.07) is 9.68. The first-order valence-corrected chi connectivity index (χ1v) is 9.92. The fraction of sp³-hybridized carbons (Fsp3) is 0.333. The van der Waals surface area contributed by atoms with Crippen LogP contribution in [0.2, 0.25) is 5.02 Å². The minimum Gasteiger partial charge on any atom is -0.493 e. The zero-order chi connectivity index (χ0) is 20.2. The first-order chi connectivity index (χ1) is 14.1. The van der Waals surface area contributed by atoms with Crippen molar-refractivity contribution in [3.8, 4) is 11.5 Å². The van der Waals surface area contributed by atoms with Gasteiger partial charge in [-0.3, -0.25) is 0 Å². The highest BCUT2D eigenvalue weighted by atomic mass is 35.5. The van der Waals surface area contributed by atoms with Crippen molar-refractivity contribution >= 4 is 34.0 Å². The number of aromatic nitrogens is 2. The van der Waals surface area contributed by atoms with E-state index in [0.29, 0.717) is 28.9 Å². The molecule has 0 saturated carbocycles. The third-order valence-corrected chi connectivity index (χ3v) is 5.13. The molecule has 2 bridgehead atoms. The van der Waals surface area contributed by atoms with Gasteiger partial charge in [0.15, 0.2) is 11.5 Å². The third kappa shape index (κ3) is 4.53. The summed E-state index contributed by atoms with van der Waals surface area (Å²) in [5, 5.41) is 8.39. The lowest BCUT2D eigenvalue weighted by Crippen LogP contribution is -2.31. The van der Waals surface area contributed by atoms with E-state index in [1.165, 1.54) is 0 Å². The number of likely N-dealkylation sites (N-methyl/N-ethyl adjacent to an activating group) is 1. The van der Waals surface area contributed by atoms with E-state index < -0.39 is 0 Å². The number of anilines is 2. The van der Waals surface area contributed by atoms with Crippen LogP contribution in [0, 0.1) is 0 Å². The van der Waals surface area contributed by atoms with E-state index in [0.717, 1.165) is 48.3 Å². The molecule has 2 aromatic carbocycles. The number of hydrogen-bond donors (Lipinski definition) is 2. The molecule has 2 N–H and O–H groups in total. The van der Waals surface area contributed by atoms with Crippen molar-refractivity contribution in [1.82, 2.24) is 20.2 Å². The summed E-state index contributed by atoms with van der Waals surface area (Å²) in [5.41, 5.74) is 2.84. The van der Waals surface area contributed by atoms with Crippen LogP contribution in [0.4, 0.5) is 11.5 Å². The molecule has 0 saturated heterocycles. The van der Waals surface area contributed by atoms with Crippen molar-refractivity contribution in [2.24, 2.45) is 0 Å². The maximum Gasteiger partial charge on any atom is 0.162 e. The van der Waals surface area contributed by atoms with E-state index in [4.69, 9.17) is 21.1 Å². The molecular weight excluding hydrogens is 390 g/mol. The Morgan fingerprint density at radius 1 is 1.17 bits per heavy atom. The number of rotatable bonds is 1. The van der Waals surface area contributed by atoms with Gasteiger partial charge in [0.2, 0.25) is 0 Å². The minimum atomic E-state index is 0.540. The van der Waals surface area contributed by atoms with Crippen molar-refractivity contribution < 1.29 is 9.47 Å². The Kier molecular flexibility index (Phi) is 5.99. The molecule has 0 fully saturated rings. The molecule has 4 rings (SSSR count). The summed E-state index contributed by atoms with van der Waals surface area (Å²) in [5.74, 6) is 2.01. The Labute approximate surface area is 175 Å². The van der Waals surface area contributed by atoms with Crippen molar-refractivity contribution in [3.05, 3.63) is 47.2 Å². The number of hydrogen-bond acceptors (Lipinski definition) is 7. The van der Waals surface area contributed by atoms with Crippen LogP contribution in [-0.2, 0) is 6.54 Å². The molecule has 0 radical (unpaired) electrons. The molecule has 0 amide bonds. The summed E-state index contributed by atoms with van der Waals surface area (Å²) in [4.78, 5) is 11.1. The van der Waals surface area contributed by atoms with Gasteiger partial charge in [-0.05, 0) is 30.8 Å². The summed E-state index contributed by atoms with van der Waals surface area (Å²) in [6.07, 6.45) is 1.54. The molecule has 0 spiro atoms. The Bertz CT molecular complexity index is 1010. The second-order valence-corrected chi connectivity index (χ2v) is 7.44. The number of fused-ring (bicyclic) bond motifs is 2. The Balaban J connectivity index is 1.82. The molecular formula is C21H24ClN5O2. The van der Waals surface area contributed by atoms with Gasteiger partial charge >= 0.3 is 0 Å². The Morgan fingerprint density at radius 2 is 2.07 bits per heavy atom. The molecule has 7 nitrogen and oxygen atoms in total. The molecule has 0 unspecified atom stereocenters. The van der Waals surface area contributed by atoms with Crippen LogP contribution in [0.1, 0.15) is 5.56 Å². The molecule has 2 heterocycles. The Hall–Kier alpha value is -2.61. The van der Waals surface area contributed by atoms with E-state index in [1.54, 1.807) is 13.4 Å². The first-order valence-electron chi connectivity index (χ1n) is 9.54. The van der Waals surface area contributed by atoms with Gasteiger partial charge in [-0.15, -0.1) is 0 Å². The van der Waals surface area contributed by atoms with Gasteiger partial charge in [0.25, 0.3) is 0 Å². The van der Waals surface area contributed by atoms with Crippen LogP contribution in [0.3, 0.4) is 0 Å². The second-order valence-electron chi connectivity index (χ2n) is 7.01. The van der Waals surface area contributed by atoms with E-state index in [2.05, 4.69) is 32.5 Å². The van der Waals surface area contributed by atoms with Crippen molar-refractivity contribution in [2.45, 2.75) is 6.54 Å².